The first-order chi connectivity index (χ1) is 30.5. The summed E-state index contributed by atoms with van der Waals surface area (Å²) in [6.45, 7) is 6.21. The Kier molecular flexibility index (Phi) is 45.7. The molecule has 0 radical (unpaired) electrons. The van der Waals surface area contributed by atoms with Gasteiger partial charge in [0, 0.05) is 19.3 Å². The summed E-state index contributed by atoms with van der Waals surface area (Å²) >= 11 is 0. The van der Waals surface area contributed by atoms with Gasteiger partial charge in [-0.25, -0.2) is 0 Å². The van der Waals surface area contributed by atoms with E-state index in [9.17, 15) is 14.4 Å². The van der Waals surface area contributed by atoms with Crippen molar-refractivity contribution in [2.45, 2.75) is 187 Å². The highest BCUT2D eigenvalue weighted by Gasteiger charge is 2.19. The average molecular weight is 855 g/mol. The molecule has 0 rings (SSSR count). The maximum absolute atomic E-state index is 12.7. The van der Waals surface area contributed by atoms with Gasteiger partial charge in [0.25, 0.3) is 0 Å². The Labute approximate surface area is 379 Å². The summed E-state index contributed by atoms with van der Waals surface area (Å²) in [6.07, 6.45) is 68.9. The summed E-state index contributed by atoms with van der Waals surface area (Å²) < 4.78 is 16.6. The molecule has 6 heteroatoms. The highest BCUT2D eigenvalue weighted by atomic mass is 16.6. The number of hydrogen-bond donors (Lipinski definition) is 0. The first-order valence-corrected chi connectivity index (χ1v) is 24.2. The molecule has 0 amide bonds. The van der Waals surface area contributed by atoms with E-state index in [-0.39, 0.29) is 44.4 Å². The predicted octanol–water partition coefficient (Wildman–Crippen LogP) is 15.9. The monoisotopic (exact) mass is 855 g/mol. The standard InChI is InChI=1S/C56H86O6/c1-4-7-10-13-16-19-22-24-26-28-30-31-34-37-40-43-46-49-55(58)61-52-53(51-60-54(57)48-45-42-39-36-33-21-18-15-12-9-6-3)62-56(59)50-47-44-41-38-35-32-29-27-25-23-20-17-14-11-8-5-2/h8-9,11-12,17-18,20-21,24-27,30-32,35-37,39-41,44,53H,4-7,10,13-16,19,22-23,28-29,33-34,38,42-43,45-52H2,1-3H3/b11-8-,12-9-,20-17-,21-18-,26-24-,27-25-,31-30-,35-32-,39-36-,40-37-,44-41-. The van der Waals surface area contributed by atoms with Crippen LogP contribution in [0.4, 0.5) is 0 Å². The number of esters is 3. The Morgan fingerprint density at radius 2 is 0.661 bits per heavy atom. The van der Waals surface area contributed by atoms with Crippen molar-refractivity contribution in [1.82, 2.24) is 0 Å². The van der Waals surface area contributed by atoms with E-state index >= 15 is 0 Å². The minimum absolute atomic E-state index is 0.155. The fourth-order valence-electron chi connectivity index (χ4n) is 5.82. The molecule has 0 aliphatic rings. The van der Waals surface area contributed by atoms with Gasteiger partial charge in [-0.15, -0.1) is 0 Å². The van der Waals surface area contributed by atoms with Crippen LogP contribution in [0, 0.1) is 0 Å². The second kappa shape index (κ2) is 49.2. The van der Waals surface area contributed by atoms with Crippen molar-refractivity contribution >= 4 is 17.9 Å². The third kappa shape index (κ3) is 46.6. The zero-order valence-electron chi connectivity index (χ0n) is 39.3. The van der Waals surface area contributed by atoms with Gasteiger partial charge < -0.3 is 14.2 Å². The number of allylic oxidation sites excluding steroid dienone is 22. The molecule has 0 saturated heterocycles. The normalized spacial score (nSPS) is 13.3. The molecule has 0 saturated carbocycles. The molecule has 0 spiro atoms. The second-order valence-corrected chi connectivity index (χ2v) is 15.2. The number of carbonyl (C=O) groups excluding carboxylic acids is 3. The van der Waals surface area contributed by atoms with E-state index in [1.807, 2.05) is 12.2 Å². The van der Waals surface area contributed by atoms with Crippen LogP contribution in [-0.4, -0.2) is 37.2 Å². The van der Waals surface area contributed by atoms with Crippen molar-refractivity contribution in [2.75, 3.05) is 13.2 Å². The summed E-state index contributed by atoms with van der Waals surface area (Å²) in [5.41, 5.74) is 0. The van der Waals surface area contributed by atoms with E-state index in [2.05, 4.69) is 142 Å². The lowest BCUT2D eigenvalue weighted by molar-refractivity contribution is -0.166. The molecule has 62 heavy (non-hydrogen) atoms. The largest absolute Gasteiger partial charge is 0.462 e. The van der Waals surface area contributed by atoms with E-state index < -0.39 is 12.1 Å². The quantitative estimate of drug-likeness (QED) is 0.0264. The van der Waals surface area contributed by atoms with E-state index in [4.69, 9.17) is 14.2 Å². The minimum Gasteiger partial charge on any atom is -0.462 e. The predicted molar refractivity (Wildman–Crippen MR) is 265 cm³/mol. The molecule has 0 aliphatic heterocycles. The van der Waals surface area contributed by atoms with Crippen molar-refractivity contribution in [3.63, 3.8) is 0 Å². The zero-order chi connectivity index (χ0) is 45.1. The summed E-state index contributed by atoms with van der Waals surface area (Å²) in [4.78, 5) is 37.8. The van der Waals surface area contributed by atoms with Gasteiger partial charge in [-0.2, -0.15) is 0 Å². The summed E-state index contributed by atoms with van der Waals surface area (Å²) in [6, 6.07) is 0. The van der Waals surface area contributed by atoms with Crippen LogP contribution in [0.1, 0.15) is 181 Å². The second-order valence-electron chi connectivity index (χ2n) is 15.2. The first-order valence-electron chi connectivity index (χ1n) is 24.2. The highest BCUT2D eigenvalue weighted by Crippen LogP contribution is 2.09. The molecular formula is C56H86O6. The Balaban J connectivity index is 4.64. The first kappa shape index (κ1) is 57.5. The molecule has 0 fully saturated rings. The van der Waals surface area contributed by atoms with Crippen molar-refractivity contribution in [3.05, 3.63) is 134 Å². The summed E-state index contributed by atoms with van der Waals surface area (Å²) in [7, 11) is 0. The molecule has 0 aromatic rings. The molecule has 0 N–H and O–H groups in total. The van der Waals surface area contributed by atoms with Gasteiger partial charge in [0.1, 0.15) is 13.2 Å². The van der Waals surface area contributed by atoms with Crippen LogP contribution in [-0.2, 0) is 28.6 Å². The number of unbranched alkanes of at least 4 members (excludes halogenated alkanes) is 8. The van der Waals surface area contributed by atoms with E-state index in [0.717, 1.165) is 77.0 Å². The summed E-state index contributed by atoms with van der Waals surface area (Å²) in [5, 5.41) is 0. The molecule has 1 atom stereocenters. The van der Waals surface area contributed by atoms with E-state index in [0.29, 0.717) is 19.3 Å². The third-order valence-corrected chi connectivity index (χ3v) is 9.38. The molecule has 0 aromatic carbocycles. The topological polar surface area (TPSA) is 78.9 Å². The lowest BCUT2D eigenvalue weighted by Gasteiger charge is -2.18. The molecule has 0 heterocycles. The number of ether oxygens (including phenoxy) is 3. The van der Waals surface area contributed by atoms with Crippen molar-refractivity contribution in [3.8, 4) is 0 Å². The van der Waals surface area contributed by atoms with Gasteiger partial charge in [-0.3, -0.25) is 14.4 Å². The van der Waals surface area contributed by atoms with Gasteiger partial charge in [-0.1, -0.05) is 187 Å². The number of carbonyl (C=O) groups is 3. The Morgan fingerprint density at radius 1 is 0.339 bits per heavy atom. The minimum atomic E-state index is -0.861. The van der Waals surface area contributed by atoms with Gasteiger partial charge in [0.05, 0.1) is 0 Å². The number of hydrogen-bond acceptors (Lipinski definition) is 6. The Morgan fingerprint density at radius 3 is 1.05 bits per heavy atom. The van der Waals surface area contributed by atoms with E-state index in [1.54, 1.807) is 0 Å². The molecule has 0 bridgehead atoms. The summed E-state index contributed by atoms with van der Waals surface area (Å²) in [5.74, 6) is -1.16. The van der Waals surface area contributed by atoms with Gasteiger partial charge in [-0.05, 0) is 109 Å². The smallest absolute Gasteiger partial charge is 0.306 e. The van der Waals surface area contributed by atoms with Gasteiger partial charge in [0.2, 0.25) is 0 Å². The molecular weight excluding hydrogens is 769 g/mol. The molecule has 0 aromatic heterocycles. The maximum Gasteiger partial charge on any atom is 0.306 e. The Bertz CT molecular complexity index is 1400. The van der Waals surface area contributed by atoms with Crippen LogP contribution in [0.3, 0.4) is 0 Å². The van der Waals surface area contributed by atoms with Crippen LogP contribution in [0.2, 0.25) is 0 Å². The van der Waals surface area contributed by atoms with Gasteiger partial charge in [0.15, 0.2) is 6.10 Å². The fourth-order valence-corrected chi connectivity index (χ4v) is 5.82. The molecule has 0 aliphatic carbocycles. The fraction of sp³-hybridized carbons (Fsp3) is 0.554. The van der Waals surface area contributed by atoms with Crippen LogP contribution in [0.25, 0.3) is 0 Å². The third-order valence-electron chi connectivity index (χ3n) is 9.38. The molecule has 346 valence electrons. The van der Waals surface area contributed by atoms with Crippen LogP contribution >= 0.6 is 0 Å². The lowest BCUT2D eigenvalue weighted by Crippen LogP contribution is -2.30. The maximum atomic E-state index is 12.7. The van der Waals surface area contributed by atoms with E-state index in [1.165, 1.54) is 44.9 Å². The van der Waals surface area contributed by atoms with Crippen molar-refractivity contribution in [2.24, 2.45) is 0 Å². The highest BCUT2D eigenvalue weighted by molar-refractivity contribution is 5.71. The van der Waals surface area contributed by atoms with Crippen molar-refractivity contribution in [1.29, 1.82) is 0 Å². The van der Waals surface area contributed by atoms with Gasteiger partial charge >= 0.3 is 17.9 Å². The van der Waals surface area contributed by atoms with Crippen LogP contribution < -0.4 is 0 Å². The Hall–Kier alpha value is -4.45. The van der Waals surface area contributed by atoms with Crippen LogP contribution in [0.15, 0.2) is 134 Å². The average Bonchev–Trinajstić information content (AvgIpc) is 3.27. The SMILES string of the molecule is CC/C=C\C/C=C\C/C=C\C/C=C\C/C=C\CCC(=O)OC(COC(=O)CCC/C=C\C/C=C\C/C=C\CC)COC(=O)CCC/C=C\C/C=C\C/C=C\CCCCCCCC. The lowest BCUT2D eigenvalue weighted by atomic mass is 10.1. The van der Waals surface area contributed by atoms with Crippen LogP contribution in [0.5, 0.6) is 0 Å². The number of rotatable bonds is 41. The zero-order valence-corrected chi connectivity index (χ0v) is 39.3. The molecule has 1 unspecified atom stereocenters. The van der Waals surface area contributed by atoms with Crippen molar-refractivity contribution < 1.29 is 28.6 Å². The molecule has 6 nitrogen and oxygen atoms in total.